The minimum Gasteiger partial charge on any atom is -0.457 e. The summed E-state index contributed by atoms with van der Waals surface area (Å²) in [7, 11) is 0. The number of pyridine rings is 1. The van der Waals surface area contributed by atoms with E-state index >= 15 is 0 Å². The highest BCUT2D eigenvalue weighted by Gasteiger charge is 2.34. The Morgan fingerprint density at radius 3 is 2.60 bits per heavy atom. The second-order valence-corrected chi connectivity index (χ2v) is 9.66. The molecule has 2 aromatic heterocycles. The molecule has 3 amide bonds. The molecule has 4 N–H and O–H groups in total. The van der Waals surface area contributed by atoms with Crippen LogP contribution in [0.25, 0.3) is 10.2 Å². The first kappa shape index (κ1) is 21.6. The van der Waals surface area contributed by atoms with Crippen LogP contribution in [0.15, 0.2) is 66.9 Å². The van der Waals surface area contributed by atoms with Crippen molar-refractivity contribution in [3.8, 4) is 11.5 Å². The number of rotatable bonds is 5. The van der Waals surface area contributed by atoms with Crippen molar-refractivity contribution in [2.75, 3.05) is 10.2 Å². The quantitative estimate of drug-likeness (QED) is 0.352. The van der Waals surface area contributed by atoms with Gasteiger partial charge in [0.1, 0.15) is 21.2 Å². The van der Waals surface area contributed by atoms with Gasteiger partial charge in [-0.15, -0.1) is 11.3 Å². The fourth-order valence-corrected chi connectivity index (χ4v) is 5.71. The number of benzene rings is 2. The van der Waals surface area contributed by atoms with Crippen LogP contribution >= 0.6 is 11.3 Å². The van der Waals surface area contributed by atoms with Crippen LogP contribution in [0.5, 0.6) is 11.5 Å². The summed E-state index contributed by atoms with van der Waals surface area (Å²) in [6, 6.07) is 18.2. The molecule has 35 heavy (non-hydrogen) atoms. The molecule has 3 heterocycles. The highest BCUT2D eigenvalue weighted by molar-refractivity contribution is 7.21. The Morgan fingerprint density at radius 1 is 1.09 bits per heavy atom. The van der Waals surface area contributed by atoms with Crippen LogP contribution < -0.4 is 26.0 Å². The second kappa shape index (κ2) is 8.68. The van der Waals surface area contributed by atoms with Gasteiger partial charge in [0.25, 0.3) is 5.91 Å². The Kier molecular flexibility index (Phi) is 5.35. The lowest BCUT2D eigenvalue weighted by atomic mass is 10.1. The maximum absolute atomic E-state index is 13.3. The van der Waals surface area contributed by atoms with Crippen LogP contribution in [0.2, 0.25) is 0 Å². The van der Waals surface area contributed by atoms with Crippen molar-refractivity contribution in [2.45, 2.75) is 31.3 Å². The number of nitrogens with one attached hydrogen (secondary N) is 2. The molecule has 6 rings (SSSR count). The molecule has 0 saturated heterocycles. The van der Waals surface area contributed by atoms with E-state index in [1.807, 2.05) is 54.6 Å². The Bertz CT molecular complexity index is 1420. The normalized spacial score (nSPS) is 19.0. The van der Waals surface area contributed by atoms with Crippen LogP contribution in [0.3, 0.4) is 0 Å². The highest BCUT2D eigenvalue weighted by atomic mass is 32.1. The van der Waals surface area contributed by atoms with E-state index in [1.165, 1.54) is 11.3 Å². The van der Waals surface area contributed by atoms with Crippen molar-refractivity contribution in [3.05, 3.63) is 71.7 Å². The number of hydrogen-bond acceptors (Lipinski definition) is 6. The van der Waals surface area contributed by atoms with Gasteiger partial charge in [-0.2, -0.15) is 0 Å². The van der Waals surface area contributed by atoms with Gasteiger partial charge in [0, 0.05) is 18.3 Å². The molecule has 2 aromatic carbocycles. The number of ether oxygens (including phenoxy) is 1. The average molecular weight is 486 g/mol. The maximum Gasteiger partial charge on any atom is 0.331 e. The lowest BCUT2D eigenvalue weighted by Gasteiger charge is -2.28. The number of nitrogens with two attached hydrogens (primary N) is 1. The van der Waals surface area contributed by atoms with Crippen LogP contribution in [-0.4, -0.2) is 29.0 Å². The standard InChI is InChI=1S/C26H23N5O3S/c27-18-7-4-8-19(18)29-24(32)23-22-21-20(13-14-28-25(21)35-23)31(26(33)30-22)15-9-11-17(12-10-15)34-16-5-2-1-3-6-16/h1-3,5-6,9-14,18-19H,4,7-8,27H2,(H,29,32)(H,30,33). The molecule has 0 bridgehead atoms. The smallest absolute Gasteiger partial charge is 0.331 e. The van der Waals surface area contributed by atoms with Crippen molar-refractivity contribution in [1.29, 1.82) is 0 Å². The molecule has 1 aliphatic carbocycles. The molecule has 4 aromatic rings. The van der Waals surface area contributed by atoms with Gasteiger partial charge in [-0.05, 0) is 61.7 Å². The monoisotopic (exact) mass is 485 g/mol. The first-order chi connectivity index (χ1) is 17.1. The number of hydrogen-bond donors (Lipinski definition) is 3. The Morgan fingerprint density at radius 2 is 1.86 bits per heavy atom. The molecule has 2 unspecified atom stereocenters. The third kappa shape index (κ3) is 3.88. The lowest BCUT2D eigenvalue weighted by molar-refractivity contribution is 0.0939. The van der Waals surface area contributed by atoms with Gasteiger partial charge in [-0.3, -0.25) is 9.69 Å². The first-order valence-corrected chi connectivity index (χ1v) is 12.3. The summed E-state index contributed by atoms with van der Waals surface area (Å²) < 4.78 is 5.87. The molecule has 1 aliphatic heterocycles. The zero-order valence-electron chi connectivity index (χ0n) is 18.7. The van der Waals surface area contributed by atoms with Crippen LogP contribution in [0.1, 0.15) is 28.9 Å². The van der Waals surface area contributed by atoms with Crippen LogP contribution in [-0.2, 0) is 0 Å². The van der Waals surface area contributed by atoms with Gasteiger partial charge in [0.05, 0.1) is 22.4 Å². The van der Waals surface area contributed by atoms with E-state index in [9.17, 15) is 9.59 Å². The molecule has 2 aliphatic rings. The van der Waals surface area contributed by atoms with Crippen molar-refractivity contribution in [1.82, 2.24) is 10.3 Å². The topological polar surface area (TPSA) is 110 Å². The minimum atomic E-state index is -0.341. The predicted molar refractivity (Wildman–Crippen MR) is 137 cm³/mol. The molecule has 0 spiro atoms. The summed E-state index contributed by atoms with van der Waals surface area (Å²) in [4.78, 5) is 33.6. The summed E-state index contributed by atoms with van der Waals surface area (Å²) in [5.41, 5.74) is 7.99. The SMILES string of the molecule is NC1CCCC1NC(=O)c1sc2nccc3c2c1NC(=O)N3c1ccc(Oc2ccccc2)cc1. The third-order valence-electron chi connectivity index (χ3n) is 6.41. The zero-order chi connectivity index (χ0) is 23.9. The molecule has 0 radical (unpaired) electrons. The molecule has 2 atom stereocenters. The number of aromatic nitrogens is 1. The number of nitrogens with zero attached hydrogens (tertiary/aromatic N) is 2. The molecular formula is C26H23N5O3S. The average Bonchev–Trinajstić information content (AvgIpc) is 3.44. The van der Waals surface area contributed by atoms with Crippen molar-refractivity contribution >= 4 is 50.6 Å². The van der Waals surface area contributed by atoms with E-state index in [4.69, 9.17) is 10.5 Å². The van der Waals surface area contributed by atoms with E-state index in [-0.39, 0.29) is 24.0 Å². The van der Waals surface area contributed by atoms with Gasteiger partial charge in [0.15, 0.2) is 0 Å². The fraction of sp³-hybridized carbons (Fsp3) is 0.192. The van der Waals surface area contributed by atoms with Crippen molar-refractivity contribution < 1.29 is 14.3 Å². The van der Waals surface area contributed by atoms with Crippen LogP contribution in [0.4, 0.5) is 21.9 Å². The zero-order valence-corrected chi connectivity index (χ0v) is 19.5. The molecule has 8 nitrogen and oxygen atoms in total. The summed E-state index contributed by atoms with van der Waals surface area (Å²) in [5.74, 6) is 1.17. The number of carbonyl (C=O) groups excluding carboxylic acids is 2. The number of carbonyl (C=O) groups is 2. The minimum absolute atomic E-state index is 0.0442. The number of urea groups is 1. The predicted octanol–water partition coefficient (Wildman–Crippen LogP) is 5.38. The van der Waals surface area contributed by atoms with E-state index in [0.29, 0.717) is 32.5 Å². The molecule has 1 fully saturated rings. The van der Waals surface area contributed by atoms with E-state index in [1.54, 1.807) is 17.2 Å². The van der Waals surface area contributed by atoms with Gasteiger partial charge in [0.2, 0.25) is 0 Å². The first-order valence-electron chi connectivity index (χ1n) is 11.5. The summed E-state index contributed by atoms with van der Waals surface area (Å²) in [5, 5.41) is 6.73. The third-order valence-corrected chi connectivity index (χ3v) is 7.51. The van der Waals surface area contributed by atoms with Crippen molar-refractivity contribution in [2.24, 2.45) is 5.73 Å². The largest absolute Gasteiger partial charge is 0.457 e. The van der Waals surface area contributed by atoms with Crippen LogP contribution in [0, 0.1) is 0 Å². The Hall–Kier alpha value is -3.95. The van der Waals surface area contributed by atoms with Gasteiger partial charge >= 0.3 is 6.03 Å². The van der Waals surface area contributed by atoms with E-state index in [2.05, 4.69) is 15.6 Å². The number of anilines is 3. The molecule has 176 valence electrons. The van der Waals surface area contributed by atoms with Gasteiger partial charge < -0.3 is 21.1 Å². The number of thiophene rings is 1. The van der Waals surface area contributed by atoms with E-state index in [0.717, 1.165) is 30.4 Å². The van der Waals surface area contributed by atoms with Crippen molar-refractivity contribution in [3.63, 3.8) is 0 Å². The second-order valence-electron chi connectivity index (χ2n) is 8.67. The fourth-order valence-electron chi connectivity index (χ4n) is 4.69. The summed E-state index contributed by atoms with van der Waals surface area (Å²) in [6.45, 7) is 0. The molecular weight excluding hydrogens is 462 g/mol. The summed E-state index contributed by atoms with van der Waals surface area (Å²) >= 11 is 1.27. The molecule has 1 saturated carbocycles. The van der Waals surface area contributed by atoms with Gasteiger partial charge in [-0.25, -0.2) is 9.78 Å². The number of para-hydroxylation sites is 1. The van der Waals surface area contributed by atoms with E-state index < -0.39 is 0 Å². The Balaban J connectivity index is 1.32. The molecule has 9 heteroatoms. The highest BCUT2D eigenvalue weighted by Crippen LogP contribution is 2.46. The Labute approximate surface area is 205 Å². The lowest BCUT2D eigenvalue weighted by Crippen LogP contribution is -2.44. The number of amides is 3. The summed E-state index contributed by atoms with van der Waals surface area (Å²) in [6.07, 6.45) is 4.42. The maximum atomic E-state index is 13.3. The van der Waals surface area contributed by atoms with Gasteiger partial charge in [-0.1, -0.05) is 18.2 Å².